The van der Waals surface area contributed by atoms with E-state index in [0.29, 0.717) is 11.1 Å². The number of fused-ring (bicyclic) bond motifs is 15. The van der Waals surface area contributed by atoms with Crippen molar-refractivity contribution in [2.24, 2.45) is 0 Å². The summed E-state index contributed by atoms with van der Waals surface area (Å²) >= 11 is 8.53. The highest BCUT2D eigenvalue weighted by Gasteiger charge is 2.38. The van der Waals surface area contributed by atoms with Gasteiger partial charge in [0, 0.05) is 78.3 Å². The molecule has 6 heterocycles. The molecule has 0 aliphatic carbocycles. The monoisotopic (exact) mass is 1060 g/mol. The molecule has 0 saturated heterocycles. The molecule has 368 valence electrons. The maximum Gasteiger partial charge on any atom is 0.315 e. The van der Waals surface area contributed by atoms with Gasteiger partial charge in [0.15, 0.2) is 5.78 Å². The Labute approximate surface area is 449 Å². The van der Waals surface area contributed by atoms with Gasteiger partial charge in [-0.25, -0.2) is 0 Å². The van der Waals surface area contributed by atoms with E-state index in [1.807, 2.05) is 12.1 Å². The molecule has 0 fully saturated rings. The van der Waals surface area contributed by atoms with Gasteiger partial charge < -0.3 is 18.6 Å². The van der Waals surface area contributed by atoms with Crippen molar-refractivity contribution in [1.29, 1.82) is 0 Å². The van der Waals surface area contributed by atoms with Crippen molar-refractivity contribution in [3.05, 3.63) is 231 Å². The zero-order valence-corrected chi connectivity index (χ0v) is 45.5. The highest BCUT2D eigenvalue weighted by atomic mass is 79.9. The molecule has 3 aliphatic rings. The summed E-state index contributed by atoms with van der Waals surface area (Å²) in [5.41, 5.74) is 20.4. The van der Waals surface area contributed by atoms with Crippen LogP contribution in [0.2, 0.25) is 0 Å². The van der Waals surface area contributed by atoms with Crippen LogP contribution in [0.1, 0.15) is 90.8 Å². The summed E-state index contributed by atoms with van der Waals surface area (Å²) in [5, 5.41) is 6.82. The standard InChI is InChI=1S/C43H32N2O.C21H16BrN.C3H6ClNO/c1-42(2)31-13-5-7-17-37(31)44-35-21-19-25(23-29(35)27-11-9-15-33(42)39(27)44)41(46)26-20-22-36-30(24-26)28-12-10-16-34-40(28)45(36)38-18-8-6-14-32(38)43(34,3)4;1-21(2)16-7-3-4-9-19(16)23-18-11-10-13(22)12-15(18)14-6-5-8-17(21)20(14)23;1-5(2)3(4)6/h5-24H,1-4H3;3-12H,1-2H3;1-2H3. The van der Waals surface area contributed by atoms with Crippen molar-refractivity contribution in [1.82, 2.24) is 18.6 Å². The Balaban J connectivity index is 0.000000155. The SMILES string of the molecule is CC1(C)c2ccccc2-n2c3ccc(Br)cc3c3cccc1c32.CC1(C)c2ccccc2-n2c3ccc(C(=O)c4ccc5c(c4)c4cccc6c4n5-c4ccccc4C6(C)C)cc3c3cccc1c32.CN(C)C(=O)Cl. The van der Waals surface area contributed by atoms with Crippen LogP contribution in [0.3, 0.4) is 0 Å². The van der Waals surface area contributed by atoms with Crippen LogP contribution >= 0.6 is 27.5 Å². The van der Waals surface area contributed by atoms with E-state index in [1.165, 1.54) is 99.0 Å². The molecule has 1 amide bonds. The molecule has 8 heteroatoms. The van der Waals surface area contributed by atoms with Crippen molar-refractivity contribution in [3.63, 3.8) is 0 Å². The van der Waals surface area contributed by atoms with Crippen LogP contribution in [-0.4, -0.2) is 43.8 Å². The zero-order valence-electron chi connectivity index (χ0n) is 43.2. The molecule has 0 unspecified atom stereocenters. The zero-order chi connectivity index (χ0) is 52.0. The summed E-state index contributed by atoms with van der Waals surface area (Å²) in [6, 6.07) is 65.3. The van der Waals surface area contributed by atoms with Gasteiger partial charge in [0.25, 0.3) is 0 Å². The number of rotatable bonds is 2. The molecule has 15 rings (SSSR count). The fraction of sp³-hybridized carbons (Fsp3) is 0.164. The van der Waals surface area contributed by atoms with E-state index >= 15 is 0 Å². The molecule has 6 nitrogen and oxygen atoms in total. The number of nitrogens with zero attached hydrogens (tertiary/aromatic N) is 4. The number of amides is 1. The van der Waals surface area contributed by atoms with E-state index in [4.69, 9.17) is 11.6 Å². The molecule has 3 aliphatic heterocycles. The molecular formula is C67H54BrClN4O2. The van der Waals surface area contributed by atoms with Crippen LogP contribution in [0.4, 0.5) is 4.79 Å². The van der Waals surface area contributed by atoms with Crippen molar-refractivity contribution >= 4 is 104 Å². The molecule has 0 atom stereocenters. The van der Waals surface area contributed by atoms with Gasteiger partial charge in [-0.05, 0) is 118 Å². The molecule has 0 saturated carbocycles. The van der Waals surface area contributed by atoms with Crippen molar-refractivity contribution in [2.75, 3.05) is 14.1 Å². The van der Waals surface area contributed by atoms with Gasteiger partial charge in [-0.2, -0.15) is 0 Å². The van der Waals surface area contributed by atoms with Crippen LogP contribution in [0.15, 0.2) is 186 Å². The normalized spacial score (nSPS) is 14.7. The Hall–Kier alpha value is -7.71. The molecule has 75 heavy (non-hydrogen) atoms. The van der Waals surface area contributed by atoms with Crippen LogP contribution in [-0.2, 0) is 16.2 Å². The van der Waals surface area contributed by atoms with Crippen LogP contribution in [0.5, 0.6) is 0 Å². The molecule has 12 aromatic rings. The van der Waals surface area contributed by atoms with Crippen molar-refractivity contribution in [3.8, 4) is 17.1 Å². The first-order valence-electron chi connectivity index (χ1n) is 25.6. The topological polar surface area (TPSA) is 52.2 Å². The average Bonchev–Trinajstić information content (AvgIpc) is 4.06. The second kappa shape index (κ2) is 16.6. The first-order valence-corrected chi connectivity index (χ1v) is 26.8. The lowest BCUT2D eigenvalue weighted by Gasteiger charge is -2.34. The van der Waals surface area contributed by atoms with Gasteiger partial charge >= 0.3 is 5.37 Å². The fourth-order valence-corrected chi connectivity index (χ4v) is 13.3. The maximum atomic E-state index is 14.3. The third-order valence-corrected chi connectivity index (χ3v) is 17.5. The number of hydrogen-bond donors (Lipinski definition) is 0. The Bertz CT molecular complexity index is 4270. The van der Waals surface area contributed by atoms with Crippen LogP contribution < -0.4 is 0 Å². The Morgan fingerprint density at radius 2 is 0.707 bits per heavy atom. The van der Waals surface area contributed by atoms with Gasteiger partial charge in [-0.3, -0.25) is 9.59 Å². The number of carbonyl (C=O) groups excluding carboxylic acids is 2. The minimum Gasteiger partial charge on any atom is -0.335 e. The third kappa shape index (κ3) is 6.70. The summed E-state index contributed by atoms with van der Waals surface area (Å²) in [7, 11) is 3.19. The molecular weight excluding hydrogens is 1010 g/mol. The lowest BCUT2D eigenvalue weighted by atomic mass is 9.75. The smallest absolute Gasteiger partial charge is 0.315 e. The second-order valence-electron chi connectivity index (χ2n) is 22.1. The van der Waals surface area contributed by atoms with Crippen LogP contribution in [0.25, 0.3) is 82.5 Å². The van der Waals surface area contributed by atoms with E-state index in [-0.39, 0.29) is 22.0 Å². The lowest BCUT2D eigenvalue weighted by molar-refractivity contribution is 0.103. The number of ketones is 1. The van der Waals surface area contributed by atoms with Crippen LogP contribution in [0, 0.1) is 0 Å². The third-order valence-electron chi connectivity index (χ3n) is 16.7. The molecule has 0 radical (unpaired) electrons. The lowest BCUT2D eigenvalue weighted by Crippen LogP contribution is -2.26. The van der Waals surface area contributed by atoms with E-state index < -0.39 is 5.37 Å². The van der Waals surface area contributed by atoms with Gasteiger partial charge in [0.05, 0.1) is 50.2 Å². The van der Waals surface area contributed by atoms with Crippen molar-refractivity contribution < 1.29 is 9.59 Å². The molecule has 0 bridgehead atoms. The van der Waals surface area contributed by atoms with Gasteiger partial charge in [-0.15, -0.1) is 0 Å². The Morgan fingerprint density at radius 1 is 0.400 bits per heavy atom. The molecule has 0 N–H and O–H groups in total. The minimum absolute atomic E-state index is 0.0116. The molecule has 9 aromatic carbocycles. The summed E-state index contributed by atoms with van der Waals surface area (Å²) in [4.78, 5) is 25.4. The quantitative estimate of drug-likeness (QED) is 0.0984. The Kier molecular flexibility index (Phi) is 10.4. The second-order valence-corrected chi connectivity index (χ2v) is 23.4. The number of halogens is 2. The summed E-state index contributed by atoms with van der Waals surface area (Å²) in [5.74, 6) is 0.0455. The van der Waals surface area contributed by atoms with Gasteiger partial charge in [0.2, 0.25) is 0 Å². The molecule has 0 spiro atoms. The van der Waals surface area contributed by atoms with E-state index in [9.17, 15) is 9.59 Å². The van der Waals surface area contributed by atoms with Gasteiger partial charge in [0.1, 0.15) is 0 Å². The fourth-order valence-electron chi connectivity index (χ4n) is 12.9. The predicted molar refractivity (Wildman–Crippen MR) is 315 cm³/mol. The first-order chi connectivity index (χ1) is 36.0. The summed E-state index contributed by atoms with van der Waals surface area (Å²) < 4.78 is 8.36. The van der Waals surface area contributed by atoms with Gasteiger partial charge in [-0.1, -0.05) is 167 Å². The van der Waals surface area contributed by atoms with Crippen molar-refractivity contribution in [2.45, 2.75) is 57.8 Å². The summed E-state index contributed by atoms with van der Waals surface area (Å²) in [6.45, 7) is 13.9. The minimum atomic E-state index is -0.435. The number of aromatic nitrogens is 3. The Morgan fingerprint density at radius 3 is 1.05 bits per heavy atom. The predicted octanol–water partition coefficient (Wildman–Crippen LogP) is 17.5. The number of para-hydroxylation sites is 6. The van der Waals surface area contributed by atoms with E-state index in [1.54, 1.807) is 14.1 Å². The average molecular weight is 1060 g/mol. The number of carbonyl (C=O) groups is 2. The molecule has 3 aromatic heterocycles. The highest BCUT2D eigenvalue weighted by molar-refractivity contribution is 9.10. The first kappa shape index (κ1) is 47.0. The number of benzene rings is 9. The van der Waals surface area contributed by atoms with E-state index in [2.05, 4.69) is 241 Å². The summed E-state index contributed by atoms with van der Waals surface area (Å²) in [6.07, 6.45) is 0. The van der Waals surface area contributed by atoms with E-state index in [0.717, 1.165) is 26.3 Å². The maximum absolute atomic E-state index is 14.3. The highest BCUT2D eigenvalue weighted by Crippen LogP contribution is 2.51. The number of hydrogen-bond acceptors (Lipinski definition) is 2. The largest absolute Gasteiger partial charge is 0.335 e.